The molecule has 0 N–H and O–H groups in total. The Kier molecular flexibility index (Phi) is 2.68. The van der Waals surface area contributed by atoms with Crippen LogP contribution in [0.5, 0.6) is 0 Å². The fourth-order valence-electron chi connectivity index (χ4n) is 0.512. The quantitative estimate of drug-likeness (QED) is 0.530. The van der Waals surface area contributed by atoms with Gasteiger partial charge >= 0.3 is 0 Å². The van der Waals surface area contributed by atoms with Gasteiger partial charge in [0.1, 0.15) is 3.70 Å². The van der Waals surface area contributed by atoms with Crippen molar-refractivity contribution in [3.63, 3.8) is 0 Å². The van der Waals surface area contributed by atoms with Crippen molar-refractivity contribution in [3.05, 3.63) is 39.3 Å². The molecule has 0 aliphatic carbocycles. The lowest BCUT2D eigenvalue weighted by Gasteiger charge is -2.00. The predicted molar refractivity (Wildman–Crippen MR) is 51.5 cm³/mol. The molecule has 0 spiro atoms. The van der Waals surface area contributed by atoms with E-state index in [1.54, 1.807) is 0 Å². The van der Waals surface area contributed by atoms with Gasteiger partial charge in [-0.15, -0.1) is 0 Å². The number of halogens is 2. The summed E-state index contributed by atoms with van der Waals surface area (Å²) in [6.07, 6.45) is 0. The highest BCUT2D eigenvalue weighted by atomic mass is 127. The summed E-state index contributed by atoms with van der Waals surface area (Å²) < 4.78 is 1.63. The van der Waals surface area contributed by atoms with Gasteiger partial charge in [-0.05, 0) is 34.2 Å². The van der Waals surface area contributed by atoms with Crippen molar-refractivity contribution in [2.24, 2.45) is 0 Å². The molecule has 1 aromatic heterocycles. The van der Waals surface area contributed by atoms with E-state index in [1.165, 1.54) is 0 Å². The maximum absolute atomic E-state index is 5.51. The second kappa shape index (κ2) is 3.17. The average Bonchev–Trinajstić information content (AvgIpc) is 1.82. The molecule has 1 rings (SSSR count). The molecule has 1 nitrogen and oxygen atoms in total. The van der Waals surface area contributed by atoms with Gasteiger partial charge in [-0.25, -0.2) is 4.98 Å². The fourth-order valence-corrected chi connectivity index (χ4v) is 1.93. The molecular formula is C7H3BrIN. The molecule has 1 heterocycles. The van der Waals surface area contributed by atoms with Gasteiger partial charge < -0.3 is 0 Å². The Hall–Kier alpha value is 0.360. The van der Waals surface area contributed by atoms with Gasteiger partial charge in [0.15, 0.2) is 0 Å². The van der Waals surface area contributed by atoms with Crippen LogP contribution < -0.4 is 0 Å². The van der Waals surface area contributed by atoms with E-state index < -0.39 is 0 Å². The Balaban J connectivity index is 3.31. The third-order valence-electron chi connectivity index (χ3n) is 1.01. The van der Waals surface area contributed by atoms with Crippen molar-refractivity contribution >= 4 is 38.5 Å². The number of pyridine rings is 1. The minimum Gasteiger partial charge on any atom is -0.246 e. The molecule has 0 atom stereocenters. The molecule has 0 fully saturated rings. The van der Waals surface area contributed by atoms with E-state index in [1.807, 2.05) is 6.07 Å². The number of aromatic nitrogens is 1. The first-order valence-corrected chi connectivity index (χ1v) is 4.35. The van der Waals surface area contributed by atoms with E-state index >= 15 is 0 Å². The maximum atomic E-state index is 5.51. The Morgan fingerprint density at radius 3 is 2.60 bits per heavy atom. The van der Waals surface area contributed by atoms with E-state index in [0.717, 1.165) is 8.17 Å². The number of hydrogen-bond donors (Lipinski definition) is 0. The van der Waals surface area contributed by atoms with Crippen molar-refractivity contribution in [2.75, 3.05) is 0 Å². The van der Waals surface area contributed by atoms with E-state index in [9.17, 15) is 0 Å². The van der Waals surface area contributed by atoms with Crippen LogP contribution in [0.1, 0.15) is 11.3 Å². The van der Waals surface area contributed by atoms with Crippen LogP contribution >= 0.6 is 38.5 Å². The zero-order chi connectivity index (χ0) is 7.72. The summed E-state index contributed by atoms with van der Waals surface area (Å²) in [6.45, 7) is 11.0. The van der Waals surface area contributed by atoms with E-state index in [2.05, 4.69) is 43.5 Å². The molecule has 4 radical (unpaired) electrons. The van der Waals surface area contributed by atoms with E-state index in [-0.39, 0.29) is 0 Å². The van der Waals surface area contributed by atoms with Crippen molar-refractivity contribution in [3.8, 4) is 0 Å². The molecular weight excluding hydrogens is 305 g/mol. The summed E-state index contributed by atoms with van der Waals surface area (Å²) >= 11 is 5.32. The lowest BCUT2D eigenvalue weighted by atomic mass is 10.2. The summed E-state index contributed by atoms with van der Waals surface area (Å²) in [7, 11) is 0. The first kappa shape index (κ1) is 8.46. The smallest absolute Gasteiger partial charge is 0.102 e. The Labute approximate surface area is 82.5 Å². The Bertz CT molecular complexity index is 237. The zero-order valence-corrected chi connectivity index (χ0v) is 8.68. The minimum absolute atomic E-state index is 0.374. The summed E-state index contributed by atoms with van der Waals surface area (Å²) in [4.78, 5) is 3.94. The Morgan fingerprint density at radius 2 is 2.10 bits per heavy atom. The largest absolute Gasteiger partial charge is 0.246 e. The third kappa shape index (κ3) is 1.69. The molecule has 0 bridgehead atoms. The number of hydrogen-bond acceptors (Lipinski definition) is 1. The summed E-state index contributed by atoms with van der Waals surface area (Å²) in [5, 5.41) is 0. The van der Waals surface area contributed by atoms with Gasteiger partial charge in [0, 0.05) is 18.3 Å². The van der Waals surface area contributed by atoms with Crippen molar-refractivity contribution in [1.82, 2.24) is 4.98 Å². The van der Waals surface area contributed by atoms with Crippen LogP contribution in [0.4, 0.5) is 0 Å². The molecule has 0 saturated carbocycles. The zero-order valence-electron chi connectivity index (χ0n) is 4.94. The summed E-state index contributed by atoms with van der Waals surface area (Å²) in [5.41, 5.74) is 0.874. The first-order valence-electron chi connectivity index (χ1n) is 2.48. The topological polar surface area (TPSA) is 12.9 Å². The lowest BCUT2D eigenvalue weighted by molar-refractivity contribution is 1.19. The van der Waals surface area contributed by atoms with Crippen molar-refractivity contribution in [1.29, 1.82) is 0 Å². The minimum atomic E-state index is 0.374. The van der Waals surface area contributed by atoms with Gasteiger partial charge in [-0.2, -0.15) is 0 Å². The molecule has 0 aliphatic heterocycles. The van der Waals surface area contributed by atoms with Crippen LogP contribution in [0.25, 0.3) is 0 Å². The standard InChI is InChI=1S/C7H3BrIN/c1-4-5(2)10-7(9)3-6(4)8/h1-3H. The normalized spacial score (nSPS) is 10.0. The molecule has 0 amide bonds. The first-order chi connectivity index (χ1) is 4.61. The van der Waals surface area contributed by atoms with Crippen LogP contribution in [-0.4, -0.2) is 4.98 Å². The maximum Gasteiger partial charge on any atom is 0.102 e. The second-order valence-corrected chi connectivity index (χ2v) is 3.69. The van der Waals surface area contributed by atoms with Crippen LogP contribution in [0.3, 0.4) is 0 Å². The van der Waals surface area contributed by atoms with Gasteiger partial charge in [-0.3, -0.25) is 0 Å². The van der Waals surface area contributed by atoms with Gasteiger partial charge in [0.2, 0.25) is 0 Å². The summed E-state index contributed by atoms with van der Waals surface area (Å²) in [5.74, 6) is 0. The van der Waals surface area contributed by atoms with Crippen molar-refractivity contribution < 1.29 is 0 Å². The van der Waals surface area contributed by atoms with Crippen LogP contribution in [0, 0.1) is 17.5 Å². The molecule has 0 unspecified atom stereocenters. The highest BCUT2D eigenvalue weighted by Crippen LogP contribution is 2.19. The molecule has 0 saturated heterocycles. The third-order valence-corrected chi connectivity index (χ3v) is 2.22. The fraction of sp³-hybridized carbons (Fsp3) is 0. The van der Waals surface area contributed by atoms with Crippen molar-refractivity contribution in [2.45, 2.75) is 0 Å². The van der Waals surface area contributed by atoms with Crippen LogP contribution in [0.15, 0.2) is 10.5 Å². The molecule has 1 aromatic rings. The number of rotatable bonds is 0. The molecule has 0 aliphatic rings. The van der Waals surface area contributed by atoms with E-state index in [0.29, 0.717) is 11.3 Å². The van der Waals surface area contributed by atoms with E-state index in [4.69, 9.17) is 13.8 Å². The highest BCUT2D eigenvalue weighted by Gasteiger charge is 2.00. The second-order valence-electron chi connectivity index (χ2n) is 1.73. The lowest BCUT2D eigenvalue weighted by Crippen LogP contribution is -1.90. The van der Waals surface area contributed by atoms with Crippen LogP contribution in [-0.2, 0) is 0 Å². The molecule has 50 valence electrons. The summed E-state index contributed by atoms with van der Waals surface area (Å²) in [6, 6.07) is 1.81. The molecule has 3 heteroatoms. The van der Waals surface area contributed by atoms with Gasteiger partial charge in [0.25, 0.3) is 0 Å². The highest BCUT2D eigenvalue weighted by molar-refractivity contribution is 14.1. The number of nitrogens with zero attached hydrogens (tertiary/aromatic N) is 1. The molecule has 10 heavy (non-hydrogen) atoms. The predicted octanol–water partition coefficient (Wildman–Crippen LogP) is 2.57. The van der Waals surface area contributed by atoms with Crippen LogP contribution in [0.2, 0.25) is 0 Å². The Morgan fingerprint density at radius 1 is 1.50 bits per heavy atom. The van der Waals surface area contributed by atoms with Gasteiger partial charge in [-0.1, -0.05) is 15.9 Å². The monoisotopic (exact) mass is 307 g/mol. The average molecular weight is 308 g/mol. The SMILES string of the molecule is [CH]c1nc(I)cc(Br)c1[CH]. The van der Waals surface area contributed by atoms with Gasteiger partial charge in [0.05, 0.1) is 5.69 Å². The molecule has 0 aromatic carbocycles.